The molecule has 19 heavy (non-hydrogen) atoms. The Kier molecular flexibility index (Phi) is 3.85. The van der Waals surface area contributed by atoms with Crippen LogP contribution in [0.15, 0.2) is 18.3 Å². The standard InChI is InChI=1S/C14H19N3OS/c1-10-11(4-3-7-16-10)12(18)17-8-5-14(2,6-9-17)13(15)19/h3-4,7H,5-6,8-9H2,1-2H3,(H2,15,19). The van der Waals surface area contributed by atoms with Gasteiger partial charge >= 0.3 is 0 Å². The molecule has 1 aromatic rings. The van der Waals surface area contributed by atoms with Gasteiger partial charge in [-0.1, -0.05) is 19.1 Å². The second-order valence-electron chi connectivity index (χ2n) is 5.35. The van der Waals surface area contributed by atoms with Crippen molar-refractivity contribution >= 4 is 23.1 Å². The van der Waals surface area contributed by atoms with Crippen molar-refractivity contribution in [1.29, 1.82) is 0 Å². The molecule has 4 nitrogen and oxygen atoms in total. The summed E-state index contributed by atoms with van der Waals surface area (Å²) in [6.45, 7) is 5.32. The minimum Gasteiger partial charge on any atom is -0.393 e. The Balaban J connectivity index is 2.08. The molecule has 2 N–H and O–H groups in total. The summed E-state index contributed by atoms with van der Waals surface area (Å²) in [5, 5.41) is 0. The smallest absolute Gasteiger partial charge is 0.255 e. The third-order valence-electron chi connectivity index (χ3n) is 3.99. The number of pyridine rings is 1. The number of carbonyl (C=O) groups excluding carboxylic acids is 1. The molecule has 0 bridgehead atoms. The lowest BCUT2D eigenvalue weighted by molar-refractivity contribution is 0.0669. The first-order chi connectivity index (χ1) is 8.94. The van der Waals surface area contributed by atoms with Gasteiger partial charge in [0.25, 0.3) is 5.91 Å². The summed E-state index contributed by atoms with van der Waals surface area (Å²) in [4.78, 5) is 19.0. The maximum atomic E-state index is 12.4. The fourth-order valence-electron chi connectivity index (χ4n) is 2.33. The minimum atomic E-state index is -0.115. The summed E-state index contributed by atoms with van der Waals surface area (Å²) >= 11 is 5.11. The minimum absolute atomic E-state index is 0.0515. The molecule has 0 aliphatic carbocycles. The van der Waals surface area contributed by atoms with Crippen LogP contribution >= 0.6 is 12.2 Å². The van der Waals surface area contributed by atoms with Crippen LogP contribution in [0.1, 0.15) is 35.8 Å². The zero-order valence-electron chi connectivity index (χ0n) is 11.3. The van der Waals surface area contributed by atoms with E-state index in [9.17, 15) is 4.79 Å². The third-order valence-corrected chi connectivity index (χ3v) is 4.48. The highest BCUT2D eigenvalue weighted by atomic mass is 32.1. The number of carbonyl (C=O) groups is 1. The molecule has 0 spiro atoms. The van der Waals surface area contributed by atoms with Crippen LogP contribution in [0.25, 0.3) is 0 Å². The van der Waals surface area contributed by atoms with Gasteiger partial charge in [-0.3, -0.25) is 9.78 Å². The van der Waals surface area contributed by atoms with Crippen molar-refractivity contribution in [1.82, 2.24) is 9.88 Å². The van der Waals surface area contributed by atoms with Crippen LogP contribution in [0.4, 0.5) is 0 Å². The van der Waals surface area contributed by atoms with Gasteiger partial charge in [-0.2, -0.15) is 0 Å². The van der Waals surface area contributed by atoms with Crippen LogP contribution in [0.5, 0.6) is 0 Å². The molecular weight excluding hydrogens is 258 g/mol. The van der Waals surface area contributed by atoms with E-state index in [2.05, 4.69) is 11.9 Å². The quantitative estimate of drug-likeness (QED) is 0.839. The van der Waals surface area contributed by atoms with E-state index in [0.717, 1.165) is 18.5 Å². The number of amides is 1. The van der Waals surface area contributed by atoms with Crippen LogP contribution in [0.2, 0.25) is 0 Å². The summed E-state index contributed by atoms with van der Waals surface area (Å²) in [6.07, 6.45) is 3.35. The Labute approximate surface area is 119 Å². The van der Waals surface area contributed by atoms with Gasteiger partial charge in [-0.15, -0.1) is 0 Å². The molecular formula is C14H19N3OS. The Bertz CT molecular complexity index is 507. The molecule has 2 rings (SSSR count). The number of thiocarbonyl (C=S) groups is 1. The van der Waals surface area contributed by atoms with Crippen molar-refractivity contribution in [2.45, 2.75) is 26.7 Å². The lowest BCUT2D eigenvalue weighted by atomic mass is 9.80. The van der Waals surface area contributed by atoms with Crippen molar-refractivity contribution in [3.05, 3.63) is 29.6 Å². The molecule has 0 radical (unpaired) electrons. The number of rotatable bonds is 2. The van der Waals surface area contributed by atoms with Crippen LogP contribution < -0.4 is 5.73 Å². The molecule has 1 aromatic heterocycles. The molecule has 1 saturated heterocycles. The number of hydrogen-bond acceptors (Lipinski definition) is 3. The van der Waals surface area contributed by atoms with Gasteiger partial charge in [0.2, 0.25) is 0 Å². The van der Waals surface area contributed by atoms with Gasteiger partial charge < -0.3 is 10.6 Å². The maximum absolute atomic E-state index is 12.4. The number of piperidine rings is 1. The summed E-state index contributed by atoms with van der Waals surface area (Å²) in [5.41, 5.74) is 7.12. The Morgan fingerprint density at radius 3 is 2.63 bits per heavy atom. The van der Waals surface area contributed by atoms with Crippen molar-refractivity contribution < 1.29 is 4.79 Å². The van der Waals surface area contributed by atoms with Crippen molar-refractivity contribution in [2.75, 3.05) is 13.1 Å². The van der Waals surface area contributed by atoms with E-state index in [0.29, 0.717) is 23.6 Å². The molecule has 1 aliphatic rings. The normalized spacial score (nSPS) is 18.1. The number of hydrogen-bond donors (Lipinski definition) is 1. The van der Waals surface area contributed by atoms with Crippen molar-refractivity contribution in [3.63, 3.8) is 0 Å². The maximum Gasteiger partial charge on any atom is 0.255 e. The van der Waals surface area contributed by atoms with E-state index in [4.69, 9.17) is 18.0 Å². The topological polar surface area (TPSA) is 59.2 Å². The highest BCUT2D eigenvalue weighted by molar-refractivity contribution is 7.80. The summed E-state index contributed by atoms with van der Waals surface area (Å²) in [7, 11) is 0. The largest absolute Gasteiger partial charge is 0.393 e. The van der Waals surface area contributed by atoms with E-state index in [1.807, 2.05) is 17.9 Å². The van der Waals surface area contributed by atoms with Crippen LogP contribution in [-0.2, 0) is 0 Å². The van der Waals surface area contributed by atoms with E-state index < -0.39 is 0 Å². The predicted molar refractivity (Wildman–Crippen MR) is 79.0 cm³/mol. The molecule has 1 fully saturated rings. The molecule has 0 saturated carbocycles. The molecule has 2 heterocycles. The van der Waals surface area contributed by atoms with Crippen LogP contribution in [0.3, 0.4) is 0 Å². The fraction of sp³-hybridized carbons (Fsp3) is 0.500. The average Bonchev–Trinajstić information content (AvgIpc) is 2.39. The van der Waals surface area contributed by atoms with E-state index in [1.54, 1.807) is 12.3 Å². The molecule has 102 valence electrons. The van der Waals surface area contributed by atoms with Gasteiger partial charge in [0.1, 0.15) is 0 Å². The highest BCUT2D eigenvalue weighted by Gasteiger charge is 2.34. The average molecular weight is 277 g/mol. The lowest BCUT2D eigenvalue weighted by Gasteiger charge is -2.38. The number of nitrogens with zero attached hydrogens (tertiary/aromatic N) is 2. The predicted octanol–water partition coefficient (Wildman–Crippen LogP) is 1.92. The molecule has 1 aliphatic heterocycles. The first-order valence-corrected chi connectivity index (χ1v) is 6.86. The SMILES string of the molecule is Cc1ncccc1C(=O)N1CCC(C)(C(N)=S)CC1. The lowest BCUT2D eigenvalue weighted by Crippen LogP contribution is -2.46. The third kappa shape index (κ3) is 2.76. The highest BCUT2D eigenvalue weighted by Crippen LogP contribution is 2.31. The van der Waals surface area contributed by atoms with E-state index in [-0.39, 0.29) is 11.3 Å². The molecule has 1 amide bonds. The molecule has 5 heteroatoms. The summed E-state index contributed by atoms with van der Waals surface area (Å²) < 4.78 is 0. The fourth-order valence-corrected chi connectivity index (χ4v) is 2.53. The zero-order valence-corrected chi connectivity index (χ0v) is 12.2. The first kappa shape index (κ1) is 13.9. The van der Waals surface area contributed by atoms with Gasteiger partial charge in [-0.25, -0.2) is 0 Å². The van der Waals surface area contributed by atoms with Gasteiger partial charge in [0.15, 0.2) is 0 Å². The summed E-state index contributed by atoms with van der Waals surface area (Å²) in [6, 6.07) is 3.62. The Hall–Kier alpha value is -1.49. The summed E-state index contributed by atoms with van der Waals surface area (Å²) in [5.74, 6) is 0.0515. The zero-order chi connectivity index (χ0) is 14.0. The van der Waals surface area contributed by atoms with Crippen molar-refractivity contribution in [2.24, 2.45) is 11.1 Å². The number of likely N-dealkylation sites (tertiary alicyclic amines) is 1. The van der Waals surface area contributed by atoms with Gasteiger partial charge in [-0.05, 0) is 31.9 Å². The second kappa shape index (κ2) is 5.25. The Morgan fingerprint density at radius 2 is 2.11 bits per heavy atom. The van der Waals surface area contributed by atoms with Crippen LogP contribution in [-0.4, -0.2) is 33.9 Å². The monoisotopic (exact) mass is 277 g/mol. The number of aromatic nitrogens is 1. The van der Waals surface area contributed by atoms with Crippen molar-refractivity contribution in [3.8, 4) is 0 Å². The molecule has 0 atom stereocenters. The first-order valence-electron chi connectivity index (χ1n) is 6.45. The number of nitrogens with two attached hydrogens (primary N) is 1. The van der Waals surface area contributed by atoms with Gasteiger partial charge in [0.05, 0.1) is 10.6 Å². The van der Waals surface area contributed by atoms with E-state index in [1.165, 1.54) is 0 Å². The molecule has 0 aromatic carbocycles. The Morgan fingerprint density at radius 1 is 1.47 bits per heavy atom. The second-order valence-corrected chi connectivity index (χ2v) is 5.79. The van der Waals surface area contributed by atoms with Crippen LogP contribution in [0, 0.1) is 12.3 Å². The van der Waals surface area contributed by atoms with E-state index >= 15 is 0 Å². The molecule has 0 unspecified atom stereocenters. The number of aryl methyl sites for hydroxylation is 1. The van der Waals surface area contributed by atoms with Gasteiger partial charge in [0, 0.05) is 30.4 Å².